The molecule has 8 heteroatoms. The van der Waals surface area contributed by atoms with Crippen LogP contribution in [0.1, 0.15) is 17.8 Å². The maximum atomic E-state index is 12.4. The first-order chi connectivity index (χ1) is 13.2. The molecule has 2 aromatic heterocycles. The average molecular weight is 380 g/mol. The van der Waals surface area contributed by atoms with Crippen molar-refractivity contribution in [3.05, 3.63) is 47.5 Å². The van der Waals surface area contributed by atoms with Crippen molar-refractivity contribution in [3.8, 4) is 11.3 Å². The van der Waals surface area contributed by atoms with Gasteiger partial charge >= 0.3 is 0 Å². The molecule has 1 amide bonds. The van der Waals surface area contributed by atoms with Crippen LogP contribution in [0.3, 0.4) is 0 Å². The number of nitrogens with one attached hydrogen (secondary N) is 1. The fourth-order valence-electron chi connectivity index (χ4n) is 3.18. The number of benzene rings is 1. The summed E-state index contributed by atoms with van der Waals surface area (Å²) in [6.07, 6.45) is 1.57. The molecule has 0 bridgehead atoms. The first-order valence-corrected chi connectivity index (χ1v) is 9.76. The summed E-state index contributed by atoms with van der Waals surface area (Å²) in [7, 11) is 0. The lowest BCUT2D eigenvalue weighted by molar-refractivity contribution is -0.120. The van der Waals surface area contributed by atoms with Gasteiger partial charge < -0.3 is 10.2 Å². The first kappa shape index (κ1) is 17.5. The average Bonchev–Trinajstić information content (AvgIpc) is 3.13. The van der Waals surface area contributed by atoms with Crippen LogP contribution in [0.5, 0.6) is 0 Å². The van der Waals surface area contributed by atoms with Crippen LogP contribution in [-0.4, -0.2) is 39.4 Å². The zero-order chi connectivity index (χ0) is 18.6. The number of piperidine rings is 1. The smallest absolute Gasteiger partial charge is 0.229 e. The Labute approximate surface area is 161 Å². The molecule has 1 aromatic carbocycles. The highest BCUT2D eigenvalue weighted by Gasteiger charge is 2.26. The number of carbonyl (C=O) groups is 1. The van der Waals surface area contributed by atoms with Crippen molar-refractivity contribution < 1.29 is 4.79 Å². The first-order valence-electron chi connectivity index (χ1n) is 8.94. The molecule has 0 saturated carbocycles. The molecule has 3 heterocycles. The molecule has 7 nitrogen and oxygen atoms in total. The highest BCUT2D eigenvalue weighted by Crippen LogP contribution is 2.25. The van der Waals surface area contributed by atoms with E-state index in [1.54, 1.807) is 0 Å². The Balaban J connectivity index is 1.34. The van der Waals surface area contributed by atoms with Gasteiger partial charge in [-0.15, -0.1) is 20.4 Å². The number of rotatable bonds is 4. The Kier molecular flexibility index (Phi) is 5.06. The zero-order valence-electron chi connectivity index (χ0n) is 15.0. The fourth-order valence-corrected chi connectivity index (χ4v) is 3.78. The van der Waals surface area contributed by atoms with Crippen LogP contribution in [0.25, 0.3) is 11.3 Å². The Hall–Kier alpha value is -2.87. The van der Waals surface area contributed by atoms with Gasteiger partial charge in [-0.1, -0.05) is 41.7 Å². The summed E-state index contributed by atoms with van der Waals surface area (Å²) in [6.45, 7) is 3.44. The number of nitrogens with zero attached hydrogens (tertiary/aromatic N) is 5. The summed E-state index contributed by atoms with van der Waals surface area (Å²) < 4.78 is 0. The Morgan fingerprint density at radius 2 is 1.81 bits per heavy atom. The largest absolute Gasteiger partial charge is 0.355 e. The second kappa shape index (κ2) is 7.79. The quantitative estimate of drug-likeness (QED) is 0.748. The summed E-state index contributed by atoms with van der Waals surface area (Å²) in [5.41, 5.74) is 1.92. The van der Waals surface area contributed by atoms with Crippen LogP contribution in [0, 0.1) is 12.8 Å². The van der Waals surface area contributed by atoms with E-state index in [9.17, 15) is 4.79 Å². The number of anilines is 2. The van der Waals surface area contributed by atoms with E-state index in [1.165, 1.54) is 11.3 Å². The monoisotopic (exact) mass is 380 g/mol. The van der Waals surface area contributed by atoms with Gasteiger partial charge in [0.1, 0.15) is 5.01 Å². The van der Waals surface area contributed by atoms with Gasteiger partial charge in [0.2, 0.25) is 11.0 Å². The summed E-state index contributed by atoms with van der Waals surface area (Å²) in [4.78, 5) is 14.6. The highest BCUT2D eigenvalue weighted by molar-refractivity contribution is 7.15. The van der Waals surface area contributed by atoms with Crippen LogP contribution in [-0.2, 0) is 4.79 Å². The number of hydrogen-bond donors (Lipinski definition) is 1. The lowest BCUT2D eigenvalue weighted by Gasteiger charge is -2.31. The van der Waals surface area contributed by atoms with Crippen molar-refractivity contribution in [2.45, 2.75) is 19.8 Å². The van der Waals surface area contributed by atoms with Crippen LogP contribution in [0.4, 0.5) is 10.9 Å². The zero-order valence-corrected chi connectivity index (χ0v) is 15.8. The van der Waals surface area contributed by atoms with E-state index in [1.807, 2.05) is 49.4 Å². The second-order valence-electron chi connectivity index (χ2n) is 6.52. The molecule has 1 aliphatic rings. The van der Waals surface area contributed by atoms with Gasteiger partial charge in [-0.3, -0.25) is 4.79 Å². The Morgan fingerprint density at radius 3 is 2.44 bits per heavy atom. The van der Waals surface area contributed by atoms with Crippen molar-refractivity contribution in [1.82, 2.24) is 20.4 Å². The van der Waals surface area contributed by atoms with Crippen molar-refractivity contribution in [2.75, 3.05) is 23.3 Å². The summed E-state index contributed by atoms with van der Waals surface area (Å²) >= 11 is 1.39. The standard InChI is InChI=1S/C19H20N6OS/c1-13-21-24-19(27-13)20-18(26)15-9-11-25(12-10-15)17-8-7-16(22-23-17)14-5-3-2-4-6-14/h2-8,15H,9-12H2,1H3,(H,20,24,26). The van der Waals surface area contributed by atoms with E-state index in [2.05, 4.69) is 30.6 Å². The molecule has 0 atom stereocenters. The van der Waals surface area contributed by atoms with Gasteiger partial charge in [-0.2, -0.15) is 0 Å². The minimum atomic E-state index is -0.0120. The SMILES string of the molecule is Cc1nnc(NC(=O)C2CCN(c3ccc(-c4ccccc4)nn3)CC2)s1. The third-order valence-electron chi connectivity index (χ3n) is 4.67. The number of amides is 1. The lowest BCUT2D eigenvalue weighted by Crippen LogP contribution is -2.38. The van der Waals surface area contributed by atoms with Gasteiger partial charge in [-0.25, -0.2) is 0 Å². The van der Waals surface area contributed by atoms with Gasteiger partial charge in [0.15, 0.2) is 5.82 Å². The fraction of sp³-hybridized carbons (Fsp3) is 0.316. The molecule has 138 valence electrons. The van der Waals surface area contributed by atoms with Gasteiger partial charge in [-0.05, 0) is 31.9 Å². The maximum Gasteiger partial charge on any atom is 0.229 e. The minimum absolute atomic E-state index is 0.0120. The van der Waals surface area contributed by atoms with Crippen LogP contribution in [0.2, 0.25) is 0 Å². The molecule has 4 rings (SSSR count). The lowest BCUT2D eigenvalue weighted by atomic mass is 9.96. The molecular weight excluding hydrogens is 360 g/mol. The maximum absolute atomic E-state index is 12.4. The molecule has 1 saturated heterocycles. The Morgan fingerprint density at radius 1 is 1.04 bits per heavy atom. The van der Waals surface area contributed by atoms with Crippen molar-refractivity contribution in [1.29, 1.82) is 0 Å². The van der Waals surface area contributed by atoms with Gasteiger partial charge in [0, 0.05) is 24.6 Å². The van der Waals surface area contributed by atoms with E-state index in [4.69, 9.17) is 0 Å². The van der Waals surface area contributed by atoms with E-state index < -0.39 is 0 Å². The normalized spacial score (nSPS) is 14.9. The minimum Gasteiger partial charge on any atom is -0.355 e. The van der Waals surface area contributed by atoms with Crippen LogP contribution in [0.15, 0.2) is 42.5 Å². The molecule has 1 fully saturated rings. The topological polar surface area (TPSA) is 83.9 Å². The molecule has 0 unspecified atom stereocenters. The van der Waals surface area contributed by atoms with Crippen LogP contribution < -0.4 is 10.2 Å². The van der Waals surface area contributed by atoms with Crippen molar-refractivity contribution in [3.63, 3.8) is 0 Å². The number of aromatic nitrogens is 4. The van der Waals surface area contributed by atoms with E-state index >= 15 is 0 Å². The molecule has 1 N–H and O–H groups in total. The third-order valence-corrected chi connectivity index (χ3v) is 5.42. The van der Waals surface area contributed by atoms with E-state index in [0.29, 0.717) is 5.13 Å². The van der Waals surface area contributed by atoms with E-state index in [0.717, 1.165) is 48.0 Å². The van der Waals surface area contributed by atoms with Crippen molar-refractivity contribution in [2.24, 2.45) is 5.92 Å². The predicted octanol–water partition coefficient (Wildman–Crippen LogP) is 3.16. The number of hydrogen-bond acceptors (Lipinski definition) is 7. The summed E-state index contributed by atoms with van der Waals surface area (Å²) in [5.74, 6) is 0.867. The van der Waals surface area contributed by atoms with Gasteiger partial charge in [0.05, 0.1) is 5.69 Å². The number of aryl methyl sites for hydroxylation is 1. The molecule has 3 aromatic rings. The molecule has 0 spiro atoms. The van der Waals surface area contributed by atoms with Crippen LogP contribution >= 0.6 is 11.3 Å². The molecular formula is C19H20N6OS. The third kappa shape index (κ3) is 4.11. The molecule has 0 radical (unpaired) electrons. The van der Waals surface area contributed by atoms with Gasteiger partial charge in [0.25, 0.3) is 0 Å². The van der Waals surface area contributed by atoms with E-state index in [-0.39, 0.29) is 11.8 Å². The Bertz CT molecular complexity index is 903. The molecule has 1 aliphatic heterocycles. The summed E-state index contributed by atoms with van der Waals surface area (Å²) in [6, 6.07) is 14.0. The number of carbonyl (C=O) groups excluding carboxylic acids is 1. The highest BCUT2D eigenvalue weighted by atomic mass is 32.1. The second-order valence-corrected chi connectivity index (χ2v) is 7.70. The summed E-state index contributed by atoms with van der Waals surface area (Å²) in [5, 5.41) is 20.9. The molecule has 27 heavy (non-hydrogen) atoms. The predicted molar refractivity (Wildman–Crippen MR) is 106 cm³/mol. The molecule has 0 aliphatic carbocycles. The van der Waals surface area contributed by atoms with Crippen molar-refractivity contribution >= 4 is 28.2 Å².